The minimum absolute atomic E-state index is 0. The fourth-order valence-electron chi connectivity index (χ4n) is 3.13. The Morgan fingerprint density at radius 2 is 1.88 bits per heavy atom. The molecule has 1 aliphatic heterocycles. The second-order valence-corrected chi connectivity index (χ2v) is 6.28. The number of piperazine rings is 1. The molecule has 1 saturated heterocycles. The Morgan fingerprint density at radius 1 is 1.23 bits per heavy atom. The van der Waals surface area contributed by atoms with Gasteiger partial charge in [-0.2, -0.15) is 0 Å². The fourth-order valence-corrected chi connectivity index (χ4v) is 3.13. The van der Waals surface area contributed by atoms with Crippen LogP contribution in [0.4, 0.5) is 0 Å². The number of fused-ring (bicyclic) bond motifs is 1. The van der Waals surface area contributed by atoms with Gasteiger partial charge in [-0.1, -0.05) is 0 Å². The molecular formula is C16H23Cl2N5O3. The van der Waals surface area contributed by atoms with Crippen LogP contribution >= 0.6 is 24.8 Å². The van der Waals surface area contributed by atoms with Crippen molar-refractivity contribution in [3.05, 3.63) is 38.2 Å². The average molecular weight is 404 g/mol. The lowest BCUT2D eigenvalue weighted by molar-refractivity contribution is 0.0650. The summed E-state index contributed by atoms with van der Waals surface area (Å²) in [7, 11) is 2.99. The normalized spacial score (nSPS) is 16.8. The maximum Gasteiger partial charge on any atom is 0.332 e. The van der Waals surface area contributed by atoms with Gasteiger partial charge in [-0.3, -0.25) is 18.7 Å². The smallest absolute Gasteiger partial charge is 0.332 e. The molecule has 8 nitrogen and oxygen atoms in total. The highest BCUT2D eigenvalue weighted by Crippen LogP contribution is 2.15. The Balaban J connectivity index is 0.00000169. The third-order valence-electron chi connectivity index (χ3n) is 4.59. The zero-order valence-electron chi connectivity index (χ0n) is 15.1. The molecule has 1 fully saturated rings. The molecule has 3 heterocycles. The van der Waals surface area contributed by atoms with E-state index in [-0.39, 0.29) is 48.1 Å². The van der Waals surface area contributed by atoms with Crippen molar-refractivity contribution in [2.24, 2.45) is 14.1 Å². The van der Waals surface area contributed by atoms with Crippen LogP contribution in [0.1, 0.15) is 23.0 Å². The maximum absolute atomic E-state index is 12.8. The van der Waals surface area contributed by atoms with Gasteiger partial charge < -0.3 is 10.2 Å². The first kappa shape index (κ1) is 22.1. The van der Waals surface area contributed by atoms with Crippen LogP contribution in [0.2, 0.25) is 0 Å². The van der Waals surface area contributed by atoms with Crippen molar-refractivity contribution >= 4 is 41.8 Å². The molecule has 1 N–H and O–H groups in total. The van der Waals surface area contributed by atoms with Crippen LogP contribution in [0, 0.1) is 6.92 Å². The van der Waals surface area contributed by atoms with E-state index in [9.17, 15) is 14.4 Å². The summed E-state index contributed by atoms with van der Waals surface area (Å²) in [6.45, 7) is 5.81. The van der Waals surface area contributed by atoms with Crippen LogP contribution in [0.15, 0.2) is 15.7 Å². The first-order chi connectivity index (χ1) is 11.3. The predicted molar refractivity (Wildman–Crippen MR) is 105 cm³/mol. The molecule has 26 heavy (non-hydrogen) atoms. The summed E-state index contributed by atoms with van der Waals surface area (Å²) in [5.41, 5.74) is 0.292. The number of hydrogen-bond donors (Lipinski definition) is 1. The number of carbonyl (C=O) groups excluding carboxylic acids is 1. The van der Waals surface area contributed by atoms with E-state index >= 15 is 0 Å². The number of hydrogen-bond acceptors (Lipinski definition) is 5. The van der Waals surface area contributed by atoms with Gasteiger partial charge in [0.25, 0.3) is 11.5 Å². The van der Waals surface area contributed by atoms with E-state index in [0.717, 1.165) is 17.7 Å². The Hall–Kier alpha value is -1.90. The van der Waals surface area contributed by atoms with Crippen LogP contribution in [0.3, 0.4) is 0 Å². The lowest BCUT2D eigenvalue weighted by Gasteiger charge is -2.33. The molecule has 0 bridgehead atoms. The number of nitrogens with zero attached hydrogens (tertiary/aromatic N) is 4. The molecule has 144 valence electrons. The number of amides is 1. The third-order valence-corrected chi connectivity index (χ3v) is 4.59. The average Bonchev–Trinajstić information content (AvgIpc) is 2.57. The highest BCUT2D eigenvalue weighted by Gasteiger charge is 2.26. The molecule has 0 saturated carbocycles. The van der Waals surface area contributed by atoms with E-state index in [1.807, 2.05) is 6.92 Å². The van der Waals surface area contributed by atoms with Gasteiger partial charge in [0.1, 0.15) is 11.3 Å². The van der Waals surface area contributed by atoms with Gasteiger partial charge in [-0.15, -0.1) is 24.8 Å². The van der Waals surface area contributed by atoms with Gasteiger partial charge in [0.2, 0.25) is 0 Å². The Morgan fingerprint density at radius 3 is 2.50 bits per heavy atom. The molecule has 1 amide bonds. The highest BCUT2D eigenvalue weighted by molar-refractivity contribution is 5.95. The molecule has 0 radical (unpaired) electrons. The van der Waals surface area contributed by atoms with Crippen LogP contribution in [0.5, 0.6) is 0 Å². The van der Waals surface area contributed by atoms with Gasteiger partial charge in [0.15, 0.2) is 0 Å². The molecule has 3 rings (SSSR count). The molecule has 1 atom stereocenters. The van der Waals surface area contributed by atoms with Crippen molar-refractivity contribution in [3.63, 3.8) is 0 Å². The molecule has 2 aromatic rings. The lowest BCUT2D eigenvalue weighted by Crippen LogP contribution is -2.52. The number of pyridine rings is 1. The van der Waals surface area contributed by atoms with Crippen LogP contribution in [0.25, 0.3) is 11.0 Å². The zero-order chi connectivity index (χ0) is 17.6. The Kier molecular flexibility index (Phi) is 6.98. The SMILES string of the molecule is Cc1cc(C(=O)N2CCNC[C@@H]2C)nc2c1c(=O)n(C)c(=O)n2C.Cl.Cl. The molecule has 0 aromatic carbocycles. The quantitative estimate of drug-likeness (QED) is 0.735. The monoisotopic (exact) mass is 403 g/mol. The summed E-state index contributed by atoms with van der Waals surface area (Å²) in [6, 6.07) is 1.70. The second-order valence-electron chi connectivity index (χ2n) is 6.28. The van der Waals surface area contributed by atoms with Crippen molar-refractivity contribution in [2.45, 2.75) is 19.9 Å². The van der Waals surface area contributed by atoms with E-state index in [0.29, 0.717) is 17.5 Å². The summed E-state index contributed by atoms with van der Waals surface area (Å²) in [5, 5.41) is 3.60. The standard InChI is InChI=1S/C16H21N5O3.2ClH/c1-9-7-11(14(22)21-6-5-17-8-10(21)2)18-13-12(9)15(23)20(4)16(24)19(13)3;;/h7,10,17H,5-6,8H2,1-4H3;2*1H/t10-;;/m0../s1. The molecule has 0 spiro atoms. The van der Waals surface area contributed by atoms with Crippen LogP contribution in [-0.4, -0.2) is 50.6 Å². The second kappa shape index (κ2) is 8.20. The predicted octanol–water partition coefficient (Wildman–Crippen LogP) is 0.218. The number of rotatable bonds is 1. The highest BCUT2D eigenvalue weighted by atomic mass is 35.5. The molecule has 0 unspecified atom stereocenters. The van der Waals surface area contributed by atoms with E-state index in [1.165, 1.54) is 11.6 Å². The van der Waals surface area contributed by atoms with Crippen molar-refractivity contribution in [2.75, 3.05) is 19.6 Å². The van der Waals surface area contributed by atoms with Gasteiger partial charge in [0.05, 0.1) is 5.39 Å². The van der Waals surface area contributed by atoms with E-state index in [2.05, 4.69) is 10.3 Å². The third kappa shape index (κ3) is 3.49. The molecule has 10 heteroatoms. The van der Waals surface area contributed by atoms with Crippen LogP contribution in [-0.2, 0) is 14.1 Å². The maximum atomic E-state index is 12.8. The molecular weight excluding hydrogens is 381 g/mol. The molecule has 0 aliphatic carbocycles. The topological polar surface area (TPSA) is 89.2 Å². The number of aryl methyl sites for hydroxylation is 2. The summed E-state index contributed by atoms with van der Waals surface area (Å²) >= 11 is 0. The fraction of sp³-hybridized carbons (Fsp3) is 0.500. The first-order valence-electron chi connectivity index (χ1n) is 7.92. The zero-order valence-corrected chi connectivity index (χ0v) is 16.7. The number of halogens is 2. The number of carbonyl (C=O) groups is 1. The largest absolute Gasteiger partial charge is 0.332 e. The van der Waals surface area contributed by atoms with E-state index < -0.39 is 11.2 Å². The summed E-state index contributed by atoms with van der Waals surface area (Å²) in [4.78, 5) is 43.4. The van der Waals surface area contributed by atoms with E-state index in [4.69, 9.17) is 0 Å². The minimum atomic E-state index is -0.459. The lowest BCUT2D eigenvalue weighted by atomic mass is 10.1. The Bertz CT molecular complexity index is 954. The van der Waals surface area contributed by atoms with E-state index in [1.54, 1.807) is 24.9 Å². The van der Waals surface area contributed by atoms with Crippen molar-refractivity contribution in [1.29, 1.82) is 0 Å². The van der Waals surface area contributed by atoms with Gasteiger partial charge in [0, 0.05) is 39.8 Å². The number of aromatic nitrogens is 3. The van der Waals surface area contributed by atoms with Gasteiger partial charge in [-0.25, -0.2) is 9.78 Å². The van der Waals surface area contributed by atoms with Crippen molar-refractivity contribution in [1.82, 2.24) is 24.3 Å². The summed E-state index contributed by atoms with van der Waals surface area (Å²) in [6.07, 6.45) is 0. The van der Waals surface area contributed by atoms with Crippen molar-refractivity contribution in [3.8, 4) is 0 Å². The van der Waals surface area contributed by atoms with Gasteiger partial charge >= 0.3 is 5.69 Å². The minimum Gasteiger partial charge on any atom is -0.332 e. The first-order valence-corrected chi connectivity index (χ1v) is 7.92. The number of nitrogens with one attached hydrogen (secondary N) is 1. The molecule has 1 aliphatic rings. The summed E-state index contributed by atoms with van der Waals surface area (Å²) in [5.74, 6) is -0.179. The Labute approximate surface area is 163 Å². The van der Waals surface area contributed by atoms with Crippen molar-refractivity contribution < 1.29 is 4.79 Å². The van der Waals surface area contributed by atoms with Crippen LogP contribution < -0.4 is 16.6 Å². The summed E-state index contributed by atoms with van der Waals surface area (Å²) < 4.78 is 2.36. The molecule has 2 aromatic heterocycles. The van der Waals surface area contributed by atoms with Gasteiger partial charge in [-0.05, 0) is 25.5 Å².